The number of β-amino-alcohol motifs (C(OH)–C–C–N with tert-alkyl or cyclic N) is 1. The molecule has 5 aliphatic rings. The first-order chi connectivity index (χ1) is 19.4. The maximum Gasteiger partial charge on any atom is 0.263 e. The van der Waals surface area contributed by atoms with Gasteiger partial charge in [0.15, 0.2) is 18.2 Å². The van der Waals surface area contributed by atoms with Gasteiger partial charge >= 0.3 is 0 Å². The van der Waals surface area contributed by atoms with Gasteiger partial charge in [-0.05, 0) is 69.2 Å². The molecule has 0 spiro atoms. The van der Waals surface area contributed by atoms with Crippen LogP contribution in [0.1, 0.15) is 49.8 Å². The minimum Gasteiger partial charge on any atom is -0.480 e. The zero-order chi connectivity index (χ0) is 27.3. The number of aliphatic hydroxyl groups excluding tert-OH is 1. The molecule has 11 heteroatoms. The van der Waals surface area contributed by atoms with E-state index in [9.17, 15) is 9.90 Å². The second-order valence-corrected chi connectivity index (χ2v) is 11.6. The topological polar surface area (TPSA) is 122 Å². The third-order valence-corrected chi connectivity index (χ3v) is 9.02. The summed E-state index contributed by atoms with van der Waals surface area (Å²) in [6, 6.07) is 7.54. The van der Waals surface area contributed by atoms with Crippen molar-refractivity contribution in [1.82, 2.24) is 20.3 Å². The molecule has 7 heterocycles. The van der Waals surface area contributed by atoms with Crippen molar-refractivity contribution in [3.63, 3.8) is 0 Å². The van der Waals surface area contributed by atoms with E-state index in [1.165, 1.54) is 6.20 Å². The van der Waals surface area contributed by atoms with Crippen LogP contribution in [0.25, 0.3) is 11.0 Å². The van der Waals surface area contributed by atoms with Crippen molar-refractivity contribution >= 4 is 28.6 Å². The number of aliphatic hydroxyl groups is 1. The van der Waals surface area contributed by atoms with Crippen LogP contribution in [0.4, 0.5) is 16.0 Å². The Kier molecular flexibility index (Phi) is 6.32. The van der Waals surface area contributed by atoms with Gasteiger partial charge in [-0.1, -0.05) is 0 Å². The molecular formula is C29H33FN6O4. The third kappa shape index (κ3) is 4.76. The molecule has 0 radical (unpaired) electrons. The second kappa shape index (κ2) is 9.90. The van der Waals surface area contributed by atoms with Crippen LogP contribution in [0.5, 0.6) is 5.75 Å². The Morgan fingerprint density at radius 1 is 1.18 bits per heavy atom. The van der Waals surface area contributed by atoms with Crippen LogP contribution in [0.3, 0.4) is 0 Å². The number of anilines is 2. The Morgan fingerprint density at radius 2 is 2.05 bits per heavy atom. The Balaban J connectivity index is 1.01. The van der Waals surface area contributed by atoms with Crippen LogP contribution in [0.2, 0.25) is 0 Å². The first-order valence-electron chi connectivity index (χ1n) is 14.1. The van der Waals surface area contributed by atoms with Gasteiger partial charge in [0.2, 0.25) is 0 Å². The van der Waals surface area contributed by atoms with Gasteiger partial charge in [-0.3, -0.25) is 9.78 Å². The fraction of sp³-hybridized carbons (Fsp3) is 0.517. The monoisotopic (exact) mass is 548 g/mol. The number of pyridine rings is 3. The number of rotatable bonds is 7. The number of aryl methyl sites for hydroxylation is 1. The highest BCUT2D eigenvalue weighted by Crippen LogP contribution is 2.46. The van der Waals surface area contributed by atoms with Crippen molar-refractivity contribution in [3.8, 4) is 5.75 Å². The molecule has 4 fully saturated rings. The lowest BCUT2D eigenvalue weighted by Crippen LogP contribution is -2.61. The molecule has 3 aromatic rings. The van der Waals surface area contributed by atoms with Gasteiger partial charge in [0, 0.05) is 30.7 Å². The van der Waals surface area contributed by atoms with E-state index in [2.05, 4.69) is 20.6 Å². The van der Waals surface area contributed by atoms with E-state index in [0.29, 0.717) is 60.7 Å². The van der Waals surface area contributed by atoms with E-state index < -0.39 is 0 Å². The van der Waals surface area contributed by atoms with Crippen LogP contribution >= 0.6 is 0 Å². The van der Waals surface area contributed by atoms with Crippen LogP contribution in [0.15, 0.2) is 30.5 Å². The Morgan fingerprint density at radius 3 is 2.83 bits per heavy atom. The summed E-state index contributed by atoms with van der Waals surface area (Å²) in [5.41, 5.74) is 2.29. The maximum atomic E-state index is 15.1. The lowest BCUT2D eigenvalue weighted by atomic mass is 9.69. The van der Waals surface area contributed by atoms with Crippen LogP contribution in [-0.2, 0) is 22.5 Å². The van der Waals surface area contributed by atoms with E-state index in [1.807, 2.05) is 29.2 Å². The minimum absolute atomic E-state index is 0.0136. The van der Waals surface area contributed by atoms with E-state index in [-0.39, 0.29) is 35.6 Å². The van der Waals surface area contributed by atoms with Crippen molar-refractivity contribution < 1.29 is 23.8 Å². The number of aromatic nitrogens is 3. The van der Waals surface area contributed by atoms with Crippen molar-refractivity contribution in [2.75, 3.05) is 36.5 Å². The summed E-state index contributed by atoms with van der Waals surface area (Å²) in [6.45, 7) is 2.45. The van der Waals surface area contributed by atoms with Gasteiger partial charge < -0.3 is 30.1 Å². The summed E-state index contributed by atoms with van der Waals surface area (Å²) in [5, 5.41) is 16.4. The number of ether oxygens (including phenoxy) is 2. The molecule has 0 aromatic carbocycles. The molecule has 3 aromatic heterocycles. The molecule has 8 rings (SSSR count). The smallest absolute Gasteiger partial charge is 0.263 e. The molecule has 3 saturated heterocycles. The SMILES string of the molecule is O=C1COc2ccc(CNC34CCC(CCc5c(F)cnc6ccc(N7CCC(O)C7)nc56)(CC3)OC4)nc2N1. The zero-order valence-electron chi connectivity index (χ0n) is 22.3. The van der Waals surface area contributed by atoms with Crippen LogP contribution < -0.4 is 20.3 Å². The van der Waals surface area contributed by atoms with Crippen molar-refractivity contribution in [3.05, 3.63) is 47.5 Å². The fourth-order valence-corrected chi connectivity index (χ4v) is 6.50. The molecule has 2 bridgehead atoms. The van der Waals surface area contributed by atoms with E-state index >= 15 is 4.39 Å². The first-order valence-corrected chi connectivity index (χ1v) is 14.1. The minimum atomic E-state index is -0.357. The predicted octanol–water partition coefficient (Wildman–Crippen LogP) is 2.87. The molecule has 3 N–H and O–H groups in total. The van der Waals surface area contributed by atoms with Crippen LogP contribution in [-0.4, -0.2) is 69.5 Å². The average Bonchev–Trinajstić information content (AvgIpc) is 3.42. The van der Waals surface area contributed by atoms with Crippen molar-refractivity contribution in [1.29, 1.82) is 0 Å². The summed E-state index contributed by atoms with van der Waals surface area (Å²) >= 11 is 0. The van der Waals surface area contributed by atoms with Gasteiger partial charge in [0.25, 0.3) is 5.91 Å². The first kappa shape index (κ1) is 25.6. The molecule has 1 atom stereocenters. The van der Waals surface area contributed by atoms with E-state index in [4.69, 9.17) is 14.5 Å². The number of carbonyl (C=O) groups is 1. The molecule has 1 amide bonds. The number of nitrogens with one attached hydrogen (secondary N) is 2. The summed E-state index contributed by atoms with van der Waals surface area (Å²) in [5.74, 6) is 1.27. The quantitative estimate of drug-likeness (QED) is 0.409. The number of hydrogen-bond acceptors (Lipinski definition) is 9. The molecular weight excluding hydrogens is 515 g/mol. The standard InChI is InChI=1S/C29H33FN6O4/c30-21-14-31-22-2-4-24(36-12-6-19(37)15-36)34-26(22)20(21)5-7-29-10-8-28(9-11-29,17-40-29)32-13-18-1-3-23-27(33-18)35-25(38)16-39-23/h1-4,14,19,32,37H,5-13,15-17H2,(H,33,35,38). The molecule has 40 heavy (non-hydrogen) atoms. The van der Waals surface area contributed by atoms with Gasteiger partial charge in [-0.2, -0.15) is 0 Å². The largest absolute Gasteiger partial charge is 0.480 e. The Labute approximate surface area is 231 Å². The molecule has 1 unspecified atom stereocenters. The number of nitrogens with zero attached hydrogens (tertiary/aromatic N) is 4. The number of fused-ring (bicyclic) bond motifs is 5. The van der Waals surface area contributed by atoms with E-state index in [0.717, 1.165) is 50.2 Å². The predicted molar refractivity (Wildman–Crippen MR) is 146 cm³/mol. The van der Waals surface area contributed by atoms with Gasteiger partial charge in [0.1, 0.15) is 11.6 Å². The molecule has 210 valence electrons. The molecule has 1 aliphatic carbocycles. The summed E-state index contributed by atoms with van der Waals surface area (Å²) < 4.78 is 27.0. The summed E-state index contributed by atoms with van der Waals surface area (Å²) in [6.07, 6.45) is 6.63. The number of amides is 1. The molecule has 10 nitrogen and oxygen atoms in total. The third-order valence-electron chi connectivity index (χ3n) is 9.02. The number of carbonyl (C=O) groups excluding carboxylic acids is 1. The summed E-state index contributed by atoms with van der Waals surface area (Å²) in [4.78, 5) is 27.3. The second-order valence-electron chi connectivity index (χ2n) is 11.6. The maximum absolute atomic E-state index is 15.1. The molecule has 1 saturated carbocycles. The van der Waals surface area contributed by atoms with Gasteiger partial charge in [0.05, 0.1) is 41.2 Å². The average molecular weight is 549 g/mol. The van der Waals surface area contributed by atoms with Gasteiger partial charge in [-0.15, -0.1) is 0 Å². The van der Waals surface area contributed by atoms with Crippen LogP contribution in [0, 0.1) is 5.82 Å². The van der Waals surface area contributed by atoms with Crippen molar-refractivity contribution in [2.45, 2.75) is 68.7 Å². The normalized spacial score (nSPS) is 27.5. The lowest BCUT2D eigenvalue weighted by molar-refractivity contribution is -0.165. The molecule has 4 aliphatic heterocycles. The number of hydrogen-bond donors (Lipinski definition) is 3. The summed E-state index contributed by atoms with van der Waals surface area (Å²) in [7, 11) is 0. The van der Waals surface area contributed by atoms with E-state index in [1.54, 1.807) is 0 Å². The Hall–Kier alpha value is -3.41. The lowest BCUT2D eigenvalue weighted by Gasteiger charge is -2.53. The van der Waals surface area contributed by atoms with Gasteiger partial charge in [-0.25, -0.2) is 14.4 Å². The fourth-order valence-electron chi connectivity index (χ4n) is 6.50. The number of halogens is 1. The highest BCUT2D eigenvalue weighted by molar-refractivity contribution is 5.94. The Bertz CT molecular complexity index is 1440. The van der Waals surface area contributed by atoms with Crippen molar-refractivity contribution in [2.24, 2.45) is 0 Å². The highest BCUT2D eigenvalue weighted by atomic mass is 19.1. The highest BCUT2D eigenvalue weighted by Gasteiger charge is 2.49. The zero-order valence-corrected chi connectivity index (χ0v) is 22.3.